The van der Waals surface area contributed by atoms with Crippen LogP contribution in [0.2, 0.25) is 39.3 Å². The lowest BCUT2D eigenvalue weighted by Gasteiger charge is -2.19. The molecule has 106 valence electrons. The van der Waals surface area contributed by atoms with Crippen LogP contribution in [0.25, 0.3) is 0 Å². The molecule has 0 saturated heterocycles. The second-order valence-electron chi connectivity index (χ2n) is 6.55. The van der Waals surface area contributed by atoms with Crippen LogP contribution in [0.15, 0.2) is 29.3 Å². The lowest BCUT2D eigenvalue weighted by atomic mass is 10.3. The largest absolute Gasteiger partial charge is 0.544 e. The standard InChI is InChI=1S/C14H25NO2Si2/c1-12(16-18(2,3)4)15-13-8-10-14(11-9-13)17-19(5,6)7/h8-11H,1-7H3. The van der Waals surface area contributed by atoms with Gasteiger partial charge in [0, 0.05) is 6.92 Å². The molecule has 0 saturated carbocycles. The Morgan fingerprint density at radius 1 is 0.895 bits per heavy atom. The topological polar surface area (TPSA) is 30.8 Å². The molecule has 0 spiro atoms. The zero-order valence-electron chi connectivity index (χ0n) is 13.1. The van der Waals surface area contributed by atoms with Crippen molar-refractivity contribution in [3.05, 3.63) is 24.3 Å². The first-order chi connectivity index (χ1) is 8.55. The van der Waals surface area contributed by atoms with Gasteiger partial charge in [0.25, 0.3) is 0 Å². The average Bonchev–Trinajstić information content (AvgIpc) is 2.15. The number of hydrogen-bond donors (Lipinski definition) is 0. The SMILES string of the molecule is CC(=Nc1ccc(O[Si](C)(C)C)cc1)O[Si](C)(C)C. The molecule has 0 heterocycles. The summed E-state index contributed by atoms with van der Waals surface area (Å²) in [6.45, 7) is 14.9. The fraction of sp³-hybridized carbons (Fsp3) is 0.500. The highest BCUT2D eigenvalue weighted by atomic mass is 28.4. The van der Waals surface area contributed by atoms with Crippen LogP contribution in [-0.2, 0) is 4.43 Å². The van der Waals surface area contributed by atoms with Crippen molar-refractivity contribution in [1.29, 1.82) is 0 Å². The number of rotatable bonds is 4. The summed E-state index contributed by atoms with van der Waals surface area (Å²) >= 11 is 0. The molecule has 19 heavy (non-hydrogen) atoms. The monoisotopic (exact) mass is 295 g/mol. The molecule has 0 unspecified atom stereocenters. The minimum Gasteiger partial charge on any atom is -0.544 e. The predicted octanol–water partition coefficient (Wildman–Crippen LogP) is 4.80. The molecule has 0 radical (unpaired) electrons. The molecular formula is C14H25NO2Si2. The van der Waals surface area contributed by atoms with E-state index in [1.54, 1.807) is 0 Å². The van der Waals surface area contributed by atoms with Gasteiger partial charge in [-0.15, -0.1) is 0 Å². The van der Waals surface area contributed by atoms with Crippen LogP contribution in [0.5, 0.6) is 5.75 Å². The third-order valence-corrected chi connectivity index (χ3v) is 3.76. The summed E-state index contributed by atoms with van der Waals surface area (Å²) in [5.74, 6) is 1.65. The summed E-state index contributed by atoms with van der Waals surface area (Å²) in [5.41, 5.74) is 0.902. The Hall–Kier alpha value is -1.08. The zero-order valence-corrected chi connectivity index (χ0v) is 15.1. The lowest BCUT2D eigenvalue weighted by Crippen LogP contribution is -2.29. The van der Waals surface area contributed by atoms with Gasteiger partial charge in [-0.3, -0.25) is 0 Å². The normalized spacial score (nSPS) is 13.3. The van der Waals surface area contributed by atoms with E-state index in [0.717, 1.165) is 17.3 Å². The fourth-order valence-corrected chi connectivity index (χ4v) is 3.37. The van der Waals surface area contributed by atoms with E-state index < -0.39 is 16.6 Å². The fourth-order valence-electron chi connectivity index (χ4n) is 1.59. The van der Waals surface area contributed by atoms with Crippen LogP contribution in [-0.4, -0.2) is 22.5 Å². The van der Waals surface area contributed by atoms with Crippen LogP contribution >= 0.6 is 0 Å². The van der Waals surface area contributed by atoms with Gasteiger partial charge in [0.15, 0.2) is 5.90 Å². The maximum atomic E-state index is 5.91. The van der Waals surface area contributed by atoms with Gasteiger partial charge in [-0.1, -0.05) is 0 Å². The van der Waals surface area contributed by atoms with Crippen molar-refractivity contribution in [2.24, 2.45) is 4.99 Å². The van der Waals surface area contributed by atoms with E-state index in [9.17, 15) is 0 Å². The molecule has 0 amide bonds. The molecule has 1 aromatic rings. The highest BCUT2D eigenvalue weighted by molar-refractivity contribution is 6.71. The van der Waals surface area contributed by atoms with Crippen molar-refractivity contribution >= 4 is 28.2 Å². The Morgan fingerprint density at radius 2 is 1.42 bits per heavy atom. The summed E-state index contributed by atoms with van der Waals surface area (Å²) < 4.78 is 11.7. The Bertz CT molecular complexity index is 442. The molecule has 5 heteroatoms. The quantitative estimate of drug-likeness (QED) is 0.454. The average molecular weight is 296 g/mol. The third-order valence-electron chi connectivity index (χ3n) is 2.00. The lowest BCUT2D eigenvalue weighted by molar-refractivity contribution is 0.547. The molecule has 0 fully saturated rings. The molecule has 0 aromatic heterocycles. The first-order valence-electron chi connectivity index (χ1n) is 6.59. The molecule has 3 nitrogen and oxygen atoms in total. The number of nitrogens with zero attached hydrogens (tertiary/aromatic N) is 1. The van der Waals surface area contributed by atoms with Crippen LogP contribution in [0.3, 0.4) is 0 Å². The van der Waals surface area contributed by atoms with E-state index >= 15 is 0 Å². The molecular weight excluding hydrogens is 270 g/mol. The molecule has 0 aliphatic heterocycles. The van der Waals surface area contributed by atoms with E-state index in [4.69, 9.17) is 8.85 Å². The number of aliphatic imine (C=N–C) groups is 1. The maximum absolute atomic E-state index is 5.91. The van der Waals surface area contributed by atoms with Crippen molar-refractivity contribution < 1.29 is 8.85 Å². The van der Waals surface area contributed by atoms with E-state index in [0.29, 0.717) is 0 Å². The maximum Gasteiger partial charge on any atom is 0.243 e. The second-order valence-corrected chi connectivity index (χ2v) is 15.4. The minimum absolute atomic E-state index is 0.734. The smallest absolute Gasteiger partial charge is 0.243 e. The van der Waals surface area contributed by atoms with Crippen molar-refractivity contribution in [2.75, 3.05) is 0 Å². The summed E-state index contributed by atoms with van der Waals surface area (Å²) in [5, 5.41) is 0. The van der Waals surface area contributed by atoms with Crippen LogP contribution in [0.1, 0.15) is 6.92 Å². The van der Waals surface area contributed by atoms with Gasteiger partial charge in [-0.2, -0.15) is 0 Å². The van der Waals surface area contributed by atoms with Gasteiger partial charge in [0.2, 0.25) is 16.6 Å². The number of benzene rings is 1. The molecule has 0 N–H and O–H groups in total. The molecule has 1 rings (SSSR count). The predicted molar refractivity (Wildman–Crippen MR) is 87.6 cm³/mol. The van der Waals surface area contributed by atoms with Gasteiger partial charge in [-0.05, 0) is 63.5 Å². The van der Waals surface area contributed by atoms with E-state index in [-0.39, 0.29) is 0 Å². The summed E-state index contributed by atoms with van der Waals surface area (Å²) in [6, 6.07) is 7.87. The van der Waals surface area contributed by atoms with Crippen LogP contribution < -0.4 is 4.43 Å². The second kappa shape index (κ2) is 5.92. The van der Waals surface area contributed by atoms with Crippen molar-refractivity contribution in [3.63, 3.8) is 0 Å². The first kappa shape index (κ1) is 16.0. The highest BCUT2D eigenvalue weighted by Crippen LogP contribution is 2.21. The summed E-state index contributed by atoms with van der Waals surface area (Å²) in [6.07, 6.45) is 0. The minimum atomic E-state index is -1.57. The highest BCUT2D eigenvalue weighted by Gasteiger charge is 2.17. The van der Waals surface area contributed by atoms with Gasteiger partial charge >= 0.3 is 0 Å². The third kappa shape index (κ3) is 7.17. The Kier molecular flexibility index (Phi) is 4.98. The Labute approximate surface area is 118 Å². The van der Waals surface area contributed by atoms with E-state index in [2.05, 4.69) is 44.3 Å². The van der Waals surface area contributed by atoms with E-state index in [1.165, 1.54) is 0 Å². The first-order valence-corrected chi connectivity index (χ1v) is 13.4. The van der Waals surface area contributed by atoms with Crippen LogP contribution in [0.4, 0.5) is 5.69 Å². The van der Waals surface area contributed by atoms with E-state index in [1.807, 2.05) is 31.2 Å². The molecule has 0 aliphatic rings. The van der Waals surface area contributed by atoms with Crippen molar-refractivity contribution in [3.8, 4) is 5.75 Å². The Balaban J connectivity index is 2.74. The van der Waals surface area contributed by atoms with Gasteiger partial charge in [0.05, 0.1) is 5.69 Å². The summed E-state index contributed by atoms with van der Waals surface area (Å²) in [7, 11) is -3.10. The molecule has 0 bridgehead atoms. The Morgan fingerprint density at radius 3 is 1.84 bits per heavy atom. The van der Waals surface area contributed by atoms with Crippen molar-refractivity contribution in [2.45, 2.75) is 46.2 Å². The van der Waals surface area contributed by atoms with Gasteiger partial charge < -0.3 is 8.85 Å². The molecule has 0 aliphatic carbocycles. The number of hydrogen-bond acceptors (Lipinski definition) is 3. The summed E-state index contributed by atoms with van der Waals surface area (Å²) in [4.78, 5) is 4.47. The van der Waals surface area contributed by atoms with Gasteiger partial charge in [-0.25, -0.2) is 4.99 Å². The van der Waals surface area contributed by atoms with Crippen molar-refractivity contribution in [1.82, 2.24) is 0 Å². The zero-order chi connectivity index (χ0) is 14.7. The van der Waals surface area contributed by atoms with Gasteiger partial charge in [0.1, 0.15) is 5.75 Å². The van der Waals surface area contributed by atoms with Crippen LogP contribution in [0, 0.1) is 0 Å². The molecule has 0 atom stereocenters. The molecule has 1 aromatic carbocycles.